The largest absolute Gasteiger partial charge is 0.376 e. The van der Waals surface area contributed by atoms with Gasteiger partial charge in [-0.2, -0.15) is 0 Å². The molecule has 1 heterocycles. The van der Waals surface area contributed by atoms with E-state index in [1.807, 2.05) is 35.2 Å². The Bertz CT molecular complexity index is 427. The van der Waals surface area contributed by atoms with Crippen molar-refractivity contribution in [2.45, 2.75) is 26.3 Å². The van der Waals surface area contributed by atoms with Crippen LogP contribution in [0.4, 0.5) is 5.69 Å². The molecule has 1 aliphatic rings. The molecular weight excluding hydrogens is 321 g/mol. The molecule has 22 heavy (non-hydrogen) atoms. The van der Waals surface area contributed by atoms with E-state index in [2.05, 4.69) is 24.1 Å². The van der Waals surface area contributed by atoms with Crippen molar-refractivity contribution in [3.05, 3.63) is 30.3 Å². The van der Waals surface area contributed by atoms with Crippen LogP contribution >= 0.6 is 24.8 Å². The molecule has 0 bridgehead atoms. The van der Waals surface area contributed by atoms with E-state index in [-0.39, 0.29) is 30.7 Å². The lowest BCUT2D eigenvalue weighted by Crippen LogP contribution is -2.40. The summed E-state index contributed by atoms with van der Waals surface area (Å²) in [5, 5.41) is 3.19. The summed E-state index contributed by atoms with van der Waals surface area (Å²) in [6.45, 7) is 8.63. The maximum atomic E-state index is 12.2. The maximum Gasteiger partial charge on any atom is 0.241 e. The molecule has 1 amide bonds. The zero-order valence-corrected chi connectivity index (χ0v) is 15.0. The molecule has 6 heteroatoms. The van der Waals surface area contributed by atoms with Gasteiger partial charge < -0.3 is 10.2 Å². The van der Waals surface area contributed by atoms with Crippen molar-refractivity contribution in [2.75, 3.05) is 38.0 Å². The second kappa shape index (κ2) is 10.7. The first-order valence-electron chi connectivity index (χ1n) is 7.55. The number of hydrogen-bond acceptors (Lipinski definition) is 3. The van der Waals surface area contributed by atoms with Crippen molar-refractivity contribution in [3.63, 3.8) is 0 Å². The third-order valence-electron chi connectivity index (χ3n) is 4.06. The Labute approximate surface area is 146 Å². The number of nitrogens with one attached hydrogen (secondary N) is 1. The van der Waals surface area contributed by atoms with Crippen molar-refractivity contribution in [3.8, 4) is 0 Å². The highest BCUT2D eigenvalue weighted by Crippen LogP contribution is 2.15. The van der Waals surface area contributed by atoms with Crippen molar-refractivity contribution >= 4 is 36.4 Å². The third-order valence-corrected chi connectivity index (χ3v) is 4.06. The van der Waals surface area contributed by atoms with E-state index in [4.69, 9.17) is 0 Å². The maximum absolute atomic E-state index is 12.2. The molecular formula is C16H27Cl2N3O. The second-order valence-corrected chi connectivity index (χ2v) is 5.22. The van der Waals surface area contributed by atoms with Crippen molar-refractivity contribution in [1.29, 1.82) is 0 Å². The molecule has 1 aromatic carbocycles. The van der Waals surface area contributed by atoms with Gasteiger partial charge in [-0.25, -0.2) is 0 Å². The second-order valence-electron chi connectivity index (χ2n) is 5.22. The first kappa shape index (κ1) is 21.0. The molecule has 4 nitrogen and oxygen atoms in total. The number of carbonyl (C=O) groups excluding carboxylic acids is 1. The fourth-order valence-corrected chi connectivity index (χ4v) is 2.85. The quantitative estimate of drug-likeness (QED) is 0.859. The van der Waals surface area contributed by atoms with Crippen LogP contribution in [0, 0.1) is 0 Å². The molecule has 126 valence electrons. The number of nitrogens with zero attached hydrogens (tertiary/aromatic N) is 2. The zero-order chi connectivity index (χ0) is 14.4. The van der Waals surface area contributed by atoms with E-state index in [1.54, 1.807) is 0 Å². The van der Waals surface area contributed by atoms with Gasteiger partial charge >= 0.3 is 0 Å². The summed E-state index contributed by atoms with van der Waals surface area (Å²) in [7, 11) is 0. The van der Waals surface area contributed by atoms with Gasteiger partial charge in [-0.3, -0.25) is 9.69 Å². The predicted molar refractivity (Wildman–Crippen MR) is 97.3 cm³/mol. The number of likely N-dealkylation sites (tertiary alicyclic amines) is 1. The number of carbonyl (C=O) groups is 1. The van der Waals surface area contributed by atoms with E-state index in [0.29, 0.717) is 12.6 Å². The molecule has 0 spiro atoms. The number of amides is 1. The molecule has 0 aromatic heterocycles. The van der Waals surface area contributed by atoms with Crippen LogP contribution < -0.4 is 5.32 Å². The molecule has 1 unspecified atom stereocenters. The number of hydrogen-bond donors (Lipinski definition) is 1. The smallest absolute Gasteiger partial charge is 0.241 e. The summed E-state index contributed by atoms with van der Waals surface area (Å²) in [5.41, 5.74) is 1.00. The Hall–Kier alpha value is -0.970. The number of anilines is 1. The molecule has 1 N–H and O–H groups in total. The van der Waals surface area contributed by atoms with E-state index < -0.39 is 0 Å². The SMILES string of the molecule is CCN(CC)C1CCN(C(=O)CNc2ccccc2)C1.Cl.Cl. The van der Waals surface area contributed by atoms with Crippen LogP contribution in [0.15, 0.2) is 30.3 Å². The molecule has 0 saturated carbocycles. The van der Waals surface area contributed by atoms with Crippen LogP contribution in [-0.2, 0) is 4.79 Å². The Morgan fingerprint density at radius 3 is 2.45 bits per heavy atom. The van der Waals surface area contributed by atoms with Crippen LogP contribution in [0.5, 0.6) is 0 Å². The highest BCUT2D eigenvalue weighted by molar-refractivity contribution is 5.85. The normalized spacial score (nSPS) is 16.9. The monoisotopic (exact) mass is 347 g/mol. The minimum Gasteiger partial charge on any atom is -0.376 e. The van der Waals surface area contributed by atoms with Crippen LogP contribution in [0.1, 0.15) is 20.3 Å². The Kier molecular flexibility index (Phi) is 10.2. The summed E-state index contributed by atoms with van der Waals surface area (Å²) < 4.78 is 0. The molecule has 0 radical (unpaired) electrons. The number of para-hydroxylation sites is 1. The molecule has 1 saturated heterocycles. The van der Waals surface area contributed by atoms with Crippen molar-refractivity contribution < 1.29 is 4.79 Å². The average Bonchev–Trinajstić information content (AvgIpc) is 2.97. The first-order chi connectivity index (χ1) is 9.74. The van der Waals surface area contributed by atoms with E-state index in [1.165, 1.54) is 0 Å². The first-order valence-corrected chi connectivity index (χ1v) is 7.55. The standard InChI is InChI=1S/C16H25N3O.2ClH/c1-3-18(4-2)15-10-11-19(13-15)16(20)12-17-14-8-6-5-7-9-14;;/h5-9,15,17H,3-4,10-13H2,1-2H3;2*1H. The van der Waals surface area contributed by atoms with E-state index >= 15 is 0 Å². The summed E-state index contributed by atoms with van der Waals surface area (Å²) in [4.78, 5) is 16.6. The topological polar surface area (TPSA) is 35.6 Å². The number of halogens is 2. The molecule has 1 aromatic rings. The van der Waals surface area contributed by atoms with Gasteiger partial charge in [0, 0.05) is 24.8 Å². The zero-order valence-electron chi connectivity index (χ0n) is 13.3. The van der Waals surface area contributed by atoms with E-state index in [0.717, 1.165) is 38.3 Å². The fraction of sp³-hybridized carbons (Fsp3) is 0.562. The number of likely N-dealkylation sites (N-methyl/N-ethyl adjacent to an activating group) is 1. The summed E-state index contributed by atoms with van der Waals surface area (Å²) >= 11 is 0. The highest BCUT2D eigenvalue weighted by atomic mass is 35.5. The van der Waals surface area contributed by atoms with Gasteiger partial charge in [-0.1, -0.05) is 32.0 Å². The van der Waals surface area contributed by atoms with Gasteiger partial charge in [0.15, 0.2) is 0 Å². The van der Waals surface area contributed by atoms with Crippen LogP contribution in [0.3, 0.4) is 0 Å². The van der Waals surface area contributed by atoms with Gasteiger partial charge in [0.05, 0.1) is 6.54 Å². The van der Waals surface area contributed by atoms with Gasteiger partial charge in [-0.05, 0) is 31.6 Å². The lowest BCUT2D eigenvalue weighted by Gasteiger charge is -2.26. The Morgan fingerprint density at radius 1 is 1.23 bits per heavy atom. The van der Waals surface area contributed by atoms with Gasteiger partial charge in [0.1, 0.15) is 0 Å². The van der Waals surface area contributed by atoms with Crippen molar-refractivity contribution in [1.82, 2.24) is 9.80 Å². The molecule has 1 aliphatic heterocycles. The van der Waals surface area contributed by atoms with Crippen LogP contribution in [0.25, 0.3) is 0 Å². The minimum atomic E-state index is 0. The molecule has 1 fully saturated rings. The van der Waals surface area contributed by atoms with Gasteiger partial charge in [-0.15, -0.1) is 24.8 Å². The molecule has 2 rings (SSSR count). The highest BCUT2D eigenvalue weighted by Gasteiger charge is 2.28. The lowest BCUT2D eigenvalue weighted by molar-refractivity contribution is -0.128. The van der Waals surface area contributed by atoms with Crippen molar-refractivity contribution in [2.24, 2.45) is 0 Å². The van der Waals surface area contributed by atoms with Crippen LogP contribution in [0.2, 0.25) is 0 Å². The fourth-order valence-electron chi connectivity index (χ4n) is 2.85. The summed E-state index contributed by atoms with van der Waals surface area (Å²) in [5.74, 6) is 0.198. The van der Waals surface area contributed by atoms with E-state index in [9.17, 15) is 4.79 Å². The number of rotatable bonds is 6. The molecule has 1 atom stereocenters. The lowest BCUT2D eigenvalue weighted by atomic mass is 10.2. The number of benzene rings is 1. The molecule has 0 aliphatic carbocycles. The summed E-state index contributed by atoms with van der Waals surface area (Å²) in [6.07, 6.45) is 1.10. The predicted octanol–water partition coefficient (Wildman–Crippen LogP) is 2.88. The Balaban J connectivity index is 0.00000220. The van der Waals surface area contributed by atoms with Gasteiger partial charge in [0.2, 0.25) is 5.91 Å². The summed E-state index contributed by atoms with van der Waals surface area (Å²) in [6, 6.07) is 10.4. The minimum absolute atomic E-state index is 0. The van der Waals surface area contributed by atoms with Crippen LogP contribution in [-0.4, -0.2) is 54.5 Å². The average molecular weight is 348 g/mol. The third kappa shape index (κ3) is 5.67. The van der Waals surface area contributed by atoms with Gasteiger partial charge in [0.25, 0.3) is 0 Å². The Morgan fingerprint density at radius 2 is 1.86 bits per heavy atom.